The molecule has 0 radical (unpaired) electrons. The topological polar surface area (TPSA) is 72.9 Å². The number of methoxy groups -OCH3 is 1. The minimum atomic E-state index is -0.653. The Labute approximate surface area is 132 Å². The maximum absolute atomic E-state index is 12.1. The first-order chi connectivity index (χ1) is 10.2. The molecule has 2 amide bonds. The number of allylic oxidation sites excluding steroid dienone is 1. The van der Waals surface area contributed by atoms with Gasteiger partial charge in [0.1, 0.15) is 5.60 Å². The van der Waals surface area contributed by atoms with Crippen molar-refractivity contribution in [1.29, 1.82) is 0 Å². The number of imide groups is 1. The van der Waals surface area contributed by atoms with Crippen LogP contribution < -0.4 is 0 Å². The van der Waals surface area contributed by atoms with Crippen molar-refractivity contribution in [2.45, 2.75) is 65.0 Å². The number of amides is 2. The van der Waals surface area contributed by atoms with Crippen LogP contribution in [0.25, 0.3) is 0 Å². The summed E-state index contributed by atoms with van der Waals surface area (Å²) in [6, 6.07) is -0.250. The zero-order valence-corrected chi connectivity index (χ0v) is 14.1. The minimum absolute atomic E-state index is 0.250. The van der Waals surface area contributed by atoms with E-state index < -0.39 is 17.7 Å². The Hall–Kier alpha value is -1.85. The van der Waals surface area contributed by atoms with Crippen LogP contribution in [0.3, 0.4) is 0 Å². The molecule has 0 aromatic carbocycles. The van der Waals surface area contributed by atoms with Gasteiger partial charge >= 0.3 is 12.1 Å². The molecule has 0 rings (SSSR count). The molecule has 0 bridgehead atoms. The lowest BCUT2D eigenvalue weighted by Crippen LogP contribution is -2.42. The number of ether oxygens (including phenoxy) is 2. The van der Waals surface area contributed by atoms with E-state index in [4.69, 9.17) is 4.74 Å². The molecule has 0 fully saturated rings. The number of nitrogens with zero attached hydrogens (tertiary/aromatic N) is 1. The maximum atomic E-state index is 12.1. The van der Waals surface area contributed by atoms with Gasteiger partial charge in [-0.25, -0.2) is 14.5 Å². The fourth-order valence-electron chi connectivity index (χ4n) is 1.88. The van der Waals surface area contributed by atoms with Gasteiger partial charge in [0, 0.05) is 12.1 Å². The molecule has 0 saturated carbocycles. The molecule has 1 unspecified atom stereocenters. The number of carbonyl (C=O) groups excluding carboxylic acids is 3. The van der Waals surface area contributed by atoms with Gasteiger partial charge in [-0.15, -0.1) is 0 Å². The lowest BCUT2D eigenvalue weighted by molar-refractivity contribution is -0.134. The van der Waals surface area contributed by atoms with Crippen molar-refractivity contribution in [3.05, 3.63) is 12.2 Å². The molecule has 22 heavy (non-hydrogen) atoms. The lowest BCUT2D eigenvalue weighted by atomic mass is 10.0. The molecular weight excluding hydrogens is 286 g/mol. The Morgan fingerprint density at radius 2 is 1.86 bits per heavy atom. The molecule has 0 N–H and O–H groups in total. The van der Waals surface area contributed by atoms with E-state index in [-0.39, 0.29) is 6.04 Å². The molecule has 6 heteroatoms. The summed E-state index contributed by atoms with van der Waals surface area (Å²) in [6.45, 7) is 7.24. The number of rotatable bonds is 8. The first-order valence-electron chi connectivity index (χ1n) is 7.46. The summed E-state index contributed by atoms with van der Waals surface area (Å²) in [5.74, 6) is -0.425. The predicted octanol–water partition coefficient (Wildman–Crippen LogP) is 3.06. The summed E-state index contributed by atoms with van der Waals surface area (Å²) in [4.78, 5) is 35.4. The highest BCUT2D eigenvalue weighted by Gasteiger charge is 2.27. The summed E-state index contributed by atoms with van der Waals surface area (Å²) >= 11 is 0. The van der Waals surface area contributed by atoms with Crippen molar-refractivity contribution >= 4 is 18.5 Å². The first-order valence-corrected chi connectivity index (χ1v) is 7.46. The molecule has 1 atom stereocenters. The van der Waals surface area contributed by atoms with E-state index in [0.29, 0.717) is 25.7 Å². The van der Waals surface area contributed by atoms with E-state index in [9.17, 15) is 14.4 Å². The van der Waals surface area contributed by atoms with Crippen molar-refractivity contribution < 1.29 is 23.9 Å². The highest BCUT2D eigenvalue weighted by molar-refractivity contribution is 5.82. The second-order valence-corrected chi connectivity index (χ2v) is 5.94. The van der Waals surface area contributed by atoms with Gasteiger partial charge in [0.25, 0.3) is 0 Å². The van der Waals surface area contributed by atoms with Crippen LogP contribution >= 0.6 is 0 Å². The van der Waals surface area contributed by atoms with Crippen molar-refractivity contribution in [3.63, 3.8) is 0 Å². The van der Waals surface area contributed by atoms with E-state index in [2.05, 4.69) is 4.74 Å². The van der Waals surface area contributed by atoms with E-state index in [1.165, 1.54) is 13.2 Å². The van der Waals surface area contributed by atoms with Crippen LogP contribution in [-0.4, -0.2) is 42.1 Å². The van der Waals surface area contributed by atoms with Crippen LogP contribution in [0.4, 0.5) is 4.79 Å². The molecular formula is C16H27NO5. The number of hydrogen-bond donors (Lipinski definition) is 0. The Morgan fingerprint density at radius 3 is 2.32 bits per heavy atom. The summed E-state index contributed by atoms with van der Waals surface area (Å²) < 4.78 is 9.74. The largest absolute Gasteiger partial charge is 0.466 e. The molecule has 0 spiro atoms. The Kier molecular flexibility index (Phi) is 9.13. The van der Waals surface area contributed by atoms with Crippen LogP contribution in [0, 0.1) is 0 Å². The Morgan fingerprint density at radius 1 is 1.23 bits per heavy atom. The fourth-order valence-corrected chi connectivity index (χ4v) is 1.88. The highest BCUT2D eigenvalue weighted by atomic mass is 16.6. The molecule has 0 aliphatic carbocycles. The molecule has 6 nitrogen and oxygen atoms in total. The van der Waals surface area contributed by atoms with Gasteiger partial charge in [0.2, 0.25) is 6.41 Å². The third kappa shape index (κ3) is 8.44. The van der Waals surface area contributed by atoms with Crippen molar-refractivity contribution in [3.8, 4) is 0 Å². The van der Waals surface area contributed by atoms with Crippen molar-refractivity contribution in [1.82, 2.24) is 4.90 Å². The second kappa shape index (κ2) is 9.97. The van der Waals surface area contributed by atoms with Gasteiger partial charge in [0.15, 0.2) is 0 Å². The van der Waals surface area contributed by atoms with E-state index in [1.807, 2.05) is 6.92 Å². The highest BCUT2D eigenvalue weighted by Crippen LogP contribution is 2.17. The molecule has 0 saturated heterocycles. The quantitative estimate of drug-likeness (QED) is 0.391. The van der Waals surface area contributed by atoms with Gasteiger partial charge in [-0.1, -0.05) is 19.4 Å². The first kappa shape index (κ1) is 20.1. The van der Waals surface area contributed by atoms with Gasteiger partial charge in [0.05, 0.1) is 7.11 Å². The maximum Gasteiger partial charge on any atom is 0.417 e. The molecule has 0 heterocycles. The average molecular weight is 313 g/mol. The smallest absolute Gasteiger partial charge is 0.417 e. The Bertz CT molecular complexity index is 398. The molecule has 126 valence electrons. The minimum Gasteiger partial charge on any atom is -0.466 e. The zero-order chi connectivity index (χ0) is 17.2. The number of carbonyl (C=O) groups is 3. The van der Waals surface area contributed by atoms with E-state index in [0.717, 1.165) is 11.3 Å². The summed E-state index contributed by atoms with van der Waals surface area (Å²) in [7, 11) is 1.31. The standard InChI is InChI=1S/C16H27NO5/c1-6-9-13(10-7-8-11-14(19)21-5)17(12-18)15(20)22-16(2,3)4/h8,11-13H,6-7,9-10H2,1-5H3/b11-8+. The van der Waals surface area contributed by atoms with Gasteiger partial charge in [-0.3, -0.25) is 4.79 Å². The van der Waals surface area contributed by atoms with E-state index in [1.54, 1.807) is 26.8 Å². The zero-order valence-electron chi connectivity index (χ0n) is 14.1. The molecule has 0 aliphatic rings. The number of esters is 1. The summed E-state index contributed by atoms with van der Waals surface area (Å²) in [5, 5.41) is 0. The normalized spacial score (nSPS) is 12.8. The summed E-state index contributed by atoms with van der Waals surface area (Å²) in [5.41, 5.74) is -0.653. The molecule has 0 aromatic heterocycles. The van der Waals surface area contributed by atoms with Gasteiger partial charge in [-0.2, -0.15) is 0 Å². The van der Waals surface area contributed by atoms with Crippen LogP contribution in [0.2, 0.25) is 0 Å². The number of hydrogen-bond acceptors (Lipinski definition) is 5. The predicted molar refractivity (Wildman–Crippen MR) is 83.2 cm³/mol. The van der Waals surface area contributed by atoms with Crippen LogP contribution in [0.1, 0.15) is 53.4 Å². The lowest BCUT2D eigenvalue weighted by Gasteiger charge is -2.29. The molecule has 0 aliphatic heterocycles. The monoisotopic (exact) mass is 313 g/mol. The third-order valence-corrected chi connectivity index (χ3v) is 2.85. The van der Waals surface area contributed by atoms with Crippen LogP contribution in [0.15, 0.2) is 12.2 Å². The van der Waals surface area contributed by atoms with Gasteiger partial charge in [-0.05, 0) is 40.0 Å². The fraction of sp³-hybridized carbons (Fsp3) is 0.688. The SMILES string of the molecule is CCCC(CC/C=C/C(=O)OC)N(C=O)C(=O)OC(C)(C)C. The van der Waals surface area contributed by atoms with Crippen molar-refractivity contribution in [2.24, 2.45) is 0 Å². The van der Waals surface area contributed by atoms with Crippen molar-refractivity contribution in [2.75, 3.05) is 7.11 Å². The van der Waals surface area contributed by atoms with Gasteiger partial charge < -0.3 is 9.47 Å². The van der Waals surface area contributed by atoms with Crippen LogP contribution in [-0.2, 0) is 19.1 Å². The summed E-state index contributed by atoms with van der Waals surface area (Å²) in [6.07, 6.45) is 5.53. The third-order valence-electron chi connectivity index (χ3n) is 2.85. The Balaban J connectivity index is 4.73. The average Bonchev–Trinajstić information content (AvgIpc) is 2.41. The van der Waals surface area contributed by atoms with E-state index >= 15 is 0 Å². The molecule has 0 aromatic rings. The van der Waals surface area contributed by atoms with Crippen LogP contribution in [0.5, 0.6) is 0 Å². The second-order valence-electron chi connectivity index (χ2n) is 5.94.